The summed E-state index contributed by atoms with van der Waals surface area (Å²) in [7, 11) is 0. The fourth-order valence-corrected chi connectivity index (χ4v) is 5.01. The van der Waals surface area contributed by atoms with Gasteiger partial charge in [0.05, 0.1) is 6.54 Å². The van der Waals surface area contributed by atoms with E-state index in [1.807, 2.05) is 48.5 Å². The SMILES string of the molecule is NCCCCC(NC(=O)CN)C(=O)NC(Cc1c[nH]c2ccccc12)C(=O)NC(Cc1c[nH]c2ccccc12)C(=O)O. The number of benzene rings is 2. The lowest BCUT2D eigenvalue weighted by Crippen LogP contribution is -2.57. The van der Waals surface area contributed by atoms with E-state index in [0.717, 1.165) is 32.9 Å². The number of para-hydroxylation sites is 2. The molecule has 42 heavy (non-hydrogen) atoms. The van der Waals surface area contributed by atoms with Crippen LogP contribution in [0.3, 0.4) is 0 Å². The van der Waals surface area contributed by atoms with Gasteiger partial charge in [-0.25, -0.2) is 4.79 Å². The Hall–Kier alpha value is -4.68. The number of nitrogens with one attached hydrogen (secondary N) is 5. The molecule has 0 aliphatic carbocycles. The van der Waals surface area contributed by atoms with E-state index in [9.17, 15) is 24.3 Å². The zero-order valence-electron chi connectivity index (χ0n) is 23.2. The fraction of sp³-hybridized carbons (Fsp3) is 0.333. The number of rotatable bonds is 15. The van der Waals surface area contributed by atoms with E-state index < -0.39 is 41.8 Å². The number of aromatic nitrogens is 2. The quantitative estimate of drug-likeness (QED) is 0.0966. The lowest BCUT2D eigenvalue weighted by molar-refractivity contribution is -0.142. The number of unbranched alkanes of at least 4 members (excludes halogenated alkanes) is 1. The summed E-state index contributed by atoms with van der Waals surface area (Å²) in [6, 6.07) is 11.7. The van der Waals surface area contributed by atoms with Crippen LogP contribution in [0.25, 0.3) is 21.8 Å². The Morgan fingerprint density at radius 1 is 0.714 bits per heavy atom. The predicted molar refractivity (Wildman–Crippen MR) is 159 cm³/mol. The first-order chi connectivity index (χ1) is 20.3. The van der Waals surface area contributed by atoms with Crippen molar-refractivity contribution in [2.24, 2.45) is 11.5 Å². The minimum Gasteiger partial charge on any atom is -0.480 e. The molecule has 2 aromatic heterocycles. The Morgan fingerprint density at radius 2 is 1.24 bits per heavy atom. The minimum absolute atomic E-state index is 0.0348. The number of nitrogens with two attached hydrogens (primary N) is 2. The van der Waals surface area contributed by atoms with Gasteiger partial charge in [0.15, 0.2) is 0 Å². The molecule has 3 unspecified atom stereocenters. The van der Waals surface area contributed by atoms with E-state index in [-0.39, 0.29) is 19.4 Å². The Labute approximate surface area is 242 Å². The number of aliphatic carboxylic acids is 1. The second-order valence-corrected chi connectivity index (χ2v) is 10.2. The van der Waals surface area contributed by atoms with Crippen LogP contribution in [-0.2, 0) is 32.0 Å². The van der Waals surface area contributed by atoms with Gasteiger partial charge in [0.1, 0.15) is 18.1 Å². The normalized spacial score (nSPS) is 13.4. The first-order valence-electron chi connectivity index (χ1n) is 13.9. The van der Waals surface area contributed by atoms with Crippen molar-refractivity contribution in [3.63, 3.8) is 0 Å². The Kier molecular flexibility index (Phi) is 10.3. The summed E-state index contributed by atoms with van der Waals surface area (Å²) in [5.74, 6) is -2.95. The number of hydrogen-bond acceptors (Lipinski definition) is 6. The van der Waals surface area contributed by atoms with E-state index >= 15 is 0 Å². The predicted octanol–water partition coefficient (Wildman–Crippen LogP) is 1.06. The van der Waals surface area contributed by atoms with E-state index in [1.165, 1.54) is 0 Å². The smallest absolute Gasteiger partial charge is 0.326 e. The van der Waals surface area contributed by atoms with Crippen LogP contribution in [-0.4, -0.2) is 70.0 Å². The van der Waals surface area contributed by atoms with Gasteiger partial charge in [0, 0.05) is 47.0 Å². The summed E-state index contributed by atoms with van der Waals surface area (Å²) in [5.41, 5.74) is 14.3. The zero-order chi connectivity index (χ0) is 30.1. The van der Waals surface area contributed by atoms with Crippen LogP contribution < -0.4 is 27.4 Å². The molecular weight excluding hydrogens is 538 g/mol. The first kappa shape index (κ1) is 30.3. The lowest BCUT2D eigenvalue weighted by Gasteiger charge is -2.24. The number of carboxylic acids is 1. The molecule has 0 bridgehead atoms. The van der Waals surface area contributed by atoms with Gasteiger partial charge in [-0.1, -0.05) is 36.4 Å². The summed E-state index contributed by atoms with van der Waals surface area (Å²) in [4.78, 5) is 57.7. The molecule has 10 N–H and O–H groups in total. The maximum Gasteiger partial charge on any atom is 0.326 e. The molecule has 4 aromatic rings. The van der Waals surface area contributed by atoms with Gasteiger partial charge in [-0.2, -0.15) is 0 Å². The molecule has 0 fully saturated rings. The third-order valence-electron chi connectivity index (χ3n) is 7.23. The molecule has 2 aromatic carbocycles. The van der Waals surface area contributed by atoms with Crippen LogP contribution >= 0.6 is 0 Å². The van der Waals surface area contributed by atoms with E-state index in [4.69, 9.17) is 11.5 Å². The van der Waals surface area contributed by atoms with Crippen molar-refractivity contribution in [2.45, 2.75) is 50.2 Å². The van der Waals surface area contributed by atoms with E-state index in [1.54, 1.807) is 12.4 Å². The number of carbonyl (C=O) groups excluding carboxylic acids is 3. The average Bonchev–Trinajstić information content (AvgIpc) is 3.59. The highest BCUT2D eigenvalue weighted by atomic mass is 16.4. The molecular formula is C30H37N7O5. The standard InChI is InChI=1S/C30H37N7O5/c31-12-6-5-11-24(35-27(38)15-32)28(39)36-25(13-18-16-33-22-9-3-1-7-20(18)22)29(40)37-26(30(41)42)14-19-17-34-23-10-4-2-8-21(19)23/h1-4,7-10,16-17,24-26,33-34H,5-6,11-15,31-32H2,(H,35,38)(H,36,39)(H,37,40)(H,41,42). The minimum atomic E-state index is -1.25. The first-order valence-corrected chi connectivity index (χ1v) is 13.9. The highest BCUT2D eigenvalue weighted by Gasteiger charge is 2.30. The number of fused-ring (bicyclic) bond motifs is 2. The number of H-pyrrole nitrogens is 2. The maximum atomic E-state index is 13.7. The zero-order valence-corrected chi connectivity index (χ0v) is 23.2. The molecule has 4 rings (SSSR count). The fourth-order valence-electron chi connectivity index (χ4n) is 5.01. The van der Waals surface area contributed by atoms with Crippen LogP contribution in [0.4, 0.5) is 0 Å². The molecule has 12 heteroatoms. The van der Waals surface area contributed by atoms with Crippen LogP contribution in [0.15, 0.2) is 60.9 Å². The average molecular weight is 576 g/mol. The Balaban J connectivity index is 1.57. The van der Waals surface area contributed by atoms with Gasteiger partial charge in [0.25, 0.3) is 0 Å². The van der Waals surface area contributed by atoms with Gasteiger partial charge >= 0.3 is 5.97 Å². The molecule has 3 amide bonds. The summed E-state index contributed by atoms with van der Waals surface area (Å²) >= 11 is 0. The third-order valence-corrected chi connectivity index (χ3v) is 7.23. The number of carboxylic acid groups (broad SMARTS) is 1. The molecule has 0 saturated heterocycles. The summed E-state index contributed by atoms with van der Waals surface area (Å²) in [6.07, 6.45) is 5.12. The van der Waals surface area contributed by atoms with Gasteiger partial charge in [-0.15, -0.1) is 0 Å². The van der Waals surface area contributed by atoms with Gasteiger partial charge < -0.3 is 42.5 Å². The monoisotopic (exact) mass is 575 g/mol. The van der Waals surface area contributed by atoms with Crippen LogP contribution in [0.1, 0.15) is 30.4 Å². The summed E-state index contributed by atoms with van der Waals surface area (Å²) < 4.78 is 0. The Bertz CT molecular complexity index is 1550. The second kappa shape index (κ2) is 14.3. The number of aromatic amines is 2. The largest absolute Gasteiger partial charge is 0.480 e. The van der Waals surface area contributed by atoms with Crippen molar-refractivity contribution >= 4 is 45.5 Å². The maximum absolute atomic E-state index is 13.7. The highest BCUT2D eigenvalue weighted by molar-refractivity contribution is 5.94. The highest BCUT2D eigenvalue weighted by Crippen LogP contribution is 2.21. The molecule has 3 atom stereocenters. The van der Waals surface area contributed by atoms with Crippen molar-refractivity contribution in [2.75, 3.05) is 13.1 Å². The number of carbonyl (C=O) groups is 4. The molecule has 12 nitrogen and oxygen atoms in total. The van der Waals surface area contributed by atoms with E-state index in [2.05, 4.69) is 25.9 Å². The number of amides is 3. The summed E-state index contributed by atoms with van der Waals surface area (Å²) in [6.45, 7) is 0.131. The van der Waals surface area contributed by atoms with Gasteiger partial charge in [-0.05, 0) is 49.1 Å². The van der Waals surface area contributed by atoms with Crippen molar-refractivity contribution in [1.29, 1.82) is 0 Å². The van der Waals surface area contributed by atoms with Gasteiger partial charge in [0.2, 0.25) is 17.7 Å². The van der Waals surface area contributed by atoms with Crippen molar-refractivity contribution in [1.82, 2.24) is 25.9 Å². The second-order valence-electron chi connectivity index (χ2n) is 10.2. The molecule has 0 spiro atoms. The van der Waals surface area contributed by atoms with E-state index in [0.29, 0.717) is 25.8 Å². The molecule has 0 aliphatic rings. The summed E-state index contributed by atoms with van der Waals surface area (Å²) in [5, 5.41) is 19.7. The molecule has 0 radical (unpaired) electrons. The third kappa shape index (κ3) is 7.53. The van der Waals surface area contributed by atoms with Crippen LogP contribution in [0.5, 0.6) is 0 Å². The molecule has 2 heterocycles. The number of hydrogen-bond donors (Lipinski definition) is 8. The molecule has 0 saturated carbocycles. The van der Waals surface area contributed by atoms with Crippen molar-refractivity contribution in [3.8, 4) is 0 Å². The van der Waals surface area contributed by atoms with Crippen LogP contribution in [0.2, 0.25) is 0 Å². The topological polar surface area (TPSA) is 208 Å². The lowest BCUT2D eigenvalue weighted by atomic mass is 10.0. The van der Waals surface area contributed by atoms with Gasteiger partial charge in [-0.3, -0.25) is 14.4 Å². The van der Waals surface area contributed by atoms with Crippen molar-refractivity contribution < 1.29 is 24.3 Å². The molecule has 0 aliphatic heterocycles. The van der Waals surface area contributed by atoms with Crippen molar-refractivity contribution in [3.05, 3.63) is 72.1 Å². The molecule has 222 valence electrons. The van der Waals surface area contributed by atoms with Crippen LogP contribution in [0, 0.1) is 0 Å². The Morgan fingerprint density at radius 3 is 1.79 bits per heavy atom.